The molecule has 2 aromatic heterocycles. The number of piperidine rings is 1. The van der Waals surface area contributed by atoms with Gasteiger partial charge in [-0.2, -0.15) is 0 Å². The van der Waals surface area contributed by atoms with Crippen LogP contribution in [0.1, 0.15) is 49.7 Å². The lowest BCUT2D eigenvalue weighted by Crippen LogP contribution is -2.36. The maximum absolute atomic E-state index is 4.62. The monoisotopic (exact) mass is 348 g/mol. The summed E-state index contributed by atoms with van der Waals surface area (Å²) in [6.45, 7) is 3.07. The maximum atomic E-state index is 4.62. The van der Waals surface area contributed by atoms with E-state index in [1.165, 1.54) is 37.3 Å². The lowest BCUT2D eigenvalue weighted by molar-refractivity contribution is 0.464. The van der Waals surface area contributed by atoms with Gasteiger partial charge < -0.3 is 9.47 Å². The lowest BCUT2D eigenvalue weighted by Gasteiger charge is -2.33. The summed E-state index contributed by atoms with van der Waals surface area (Å²) >= 11 is 0. The van der Waals surface area contributed by atoms with Crippen molar-refractivity contribution in [3.05, 3.63) is 42.2 Å². The van der Waals surface area contributed by atoms with E-state index in [1.807, 2.05) is 6.07 Å². The number of para-hydroxylation sites is 1. The number of hydrogen-bond acceptors (Lipinski definition) is 5. The largest absolute Gasteiger partial charge is 0.355 e. The van der Waals surface area contributed by atoms with Gasteiger partial charge in [0.2, 0.25) is 0 Å². The summed E-state index contributed by atoms with van der Waals surface area (Å²) in [6.07, 6.45) is 8.87. The van der Waals surface area contributed by atoms with E-state index in [1.54, 1.807) is 6.33 Å². The van der Waals surface area contributed by atoms with E-state index in [2.05, 4.69) is 47.8 Å². The number of aryl methyl sites for hydroxylation is 1. The van der Waals surface area contributed by atoms with Gasteiger partial charge in [-0.25, -0.2) is 9.97 Å². The summed E-state index contributed by atoms with van der Waals surface area (Å²) in [6, 6.07) is 8.27. The Hall–Kier alpha value is -2.50. The van der Waals surface area contributed by atoms with Gasteiger partial charge in [0, 0.05) is 37.4 Å². The summed E-state index contributed by atoms with van der Waals surface area (Å²) in [5.74, 6) is 3.85. The fourth-order valence-electron chi connectivity index (χ4n) is 4.43. The summed E-state index contributed by atoms with van der Waals surface area (Å²) in [7, 11) is 0. The second-order valence-electron chi connectivity index (χ2n) is 7.44. The van der Waals surface area contributed by atoms with Crippen LogP contribution in [0.5, 0.6) is 0 Å². The van der Waals surface area contributed by atoms with Crippen LogP contribution in [-0.4, -0.2) is 37.8 Å². The molecule has 6 nitrogen and oxygen atoms in total. The molecular formula is C20H24N6. The van der Waals surface area contributed by atoms with Crippen molar-refractivity contribution in [2.75, 3.05) is 18.0 Å². The highest BCUT2D eigenvalue weighted by molar-refractivity contribution is 5.89. The third kappa shape index (κ3) is 2.73. The van der Waals surface area contributed by atoms with E-state index < -0.39 is 0 Å². The SMILES string of the molecule is c1ccc2c(N3CCCC(c4nnc5n4CCCCC5)C3)ncnc2c1. The van der Waals surface area contributed by atoms with Gasteiger partial charge in [-0.3, -0.25) is 0 Å². The molecule has 0 aliphatic carbocycles. The number of benzene rings is 1. The first-order valence-corrected chi connectivity index (χ1v) is 9.77. The van der Waals surface area contributed by atoms with E-state index >= 15 is 0 Å². The van der Waals surface area contributed by atoms with Crippen molar-refractivity contribution in [2.24, 2.45) is 0 Å². The molecule has 5 rings (SSSR count). The summed E-state index contributed by atoms with van der Waals surface area (Å²) < 4.78 is 2.40. The highest BCUT2D eigenvalue weighted by atomic mass is 15.3. The first-order valence-electron chi connectivity index (χ1n) is 9.77. The molecule has 0 spiro atoms. The van der Waals surface area contributed by atoms with Crippen LogP contribution in [0.25, 0.3) is 10.9 Å². The molecule has 1 fully saturated rings. The molecule has 1 atom stereocenters. The predicted octanol–water partition coefficient (Wildman–Crippen LogP) is 3.33. The quantitative estimate of drug-likeness (QED) is 0.711. The van der Waals surface area contributed by atoms with Crippen LogP contribution in [0.15, 0.2) is 30.6 Å². The Morgan fingerprint density at radius 2 is 1.88 bits per heavy atom. The maximum Gasteiger partial charge on any atom is 0.139 e. The Kier molecular flexibility index (Phi) is 4.03. The molecule has 1 unspecified atom stereocenters. The van der Waals surface area contributed by atoms with Crippen LogP contribution in [0.3, 0.4) is 0 Å². The van der Waals surface area contributed by atoms with E-state index in [0.29, 0.717) is 5.92 Å². The Morgan fingerprint density at radius 1 is 0.923 bits per heavy atom. The Bertz CT molecular complexity index is 912. The molecule has 26 heavy (non-hydrogen) atoms. The van der Waals surface area contributed by atoms with Crippen LogP contribution in [0.2, 0.25) is 0 Å². The molecule has 4 heterocycles. The van der Waals surface area contributed by atoms with Gasteiger partial charge in [0.25, 0.3) is 0 Å². The number of rotatable bonds is 2. The van der Waals surface area contributed by atoms with Crippen molar-refractivity contribution in [1.29, 1.82) is 0 Å². The van der Waals surface area contributed by atoms with Gasteiger partial charge >= 0.3 is 0 Å². The Labute approximate surface area is 153 Å². The summed E-state index contributed by atoms with van der Waals surface area (Å²) in [5.41, 5.74) is 1.01. The average molecular weight is 348 g/mol. The Morgan fingerprint density at radius 3 is 2.88 bits per heavy atom. The lowest BCUT2D eigenvalue weighted by atomic mass is 9.96. The summed E-state index contributed by atoms with van der Waals surface area (Å²) in [4.78, 5) is 11.4. The van der Waals surface area contributed by atoms with Crippen LogP contribution in [-0.2, 0) is 13.0 Å². The van der Waals surface area contributed by atoms with E-state index in [0.717, 1.165) is 49.2 Å². The van der Waals surface area contributed by atoms with Crippen LogP contribution >= 0.6 is 0 Å². The predicted molar refractivity (Wildman–Crippen MR) is 101 cm³/mol. The van der Waals surface area contributed by atoms with Crippen molar-refractivity contribution in [3.63, 3.8) is 0 Å². The van der Waals surface area contributed by atoms with Crippen LogP contribution in [0, 0.1) is 0 Å². The third-order valence-electron chi connectivity index (χ3n) is 5.75. The number of aromatic nitrogens is 5. The van der Waals surface area contributed by atoms with Gasteiger partial charge in [-0.1, -0.05) is 18.6 Å². The molecule has 6 heteroatoms. The average Bonchev–Trinajstić information content (AvgIpc) is 2.96. The van der Waals surface area contributed by atoms with Crippen molar-refractivity contribution in [3.8, 4) is 0 Å². The van der Waals surface area contributed by atoms with Gasteiger partial charge in [0.1, 0.15) is 23.8 Å². The highest BCUT2D eigenvalue weighted by Gasteiger charge is 2.28. The minimum absolute atomic E-state index is 0.428. The molecule has 2 aliphatic rings. The van der Waals surface area contributed by atoms with E-state index in [-0.39, 0.29) is 0 Å². The van der Waals surface area contributed by atoms with Crippen LogP contribution < -0.4 is 4.90 Å². The molecular weight excluding hydrogens is 324 g/mol. The molecule has 3 aromatic rings. The minimum atomic E-state index is 0.428. The van der Waals surface area contributed by atoms with E-state index in [4.69, 9.17) is 0 Å². The van der Waals surface area contributed by atoms with E-state index in [9.17, 15) is 0 Å². The second kappa shape index (κ2) is 6.67. The first kappa shape index (κ1) is 15.7. The molecule has 134 valence electrons. The molecule has 1 saturated heterocycles. The number of nitrogens with zero attached hydrogens (tertiary/aromatic N) is 6. The number of fused-ring (bicyclic) bond motifs is 2. The molecule has 2 aliphatic heterocycles. The number of hydrogen-bond donors (Lipinski definition) is 0. The fourth-order valence-corrected chi connectivity index (χ4v) is 4.43. The van der Waals surface area contributed by atoms with Crippen molar-refractivity contribution in [2.45, 2.75) is 51.0 Å². The minimum Gasteiger partial charge on any atom is -0.355 e. The number of anilines is 1. The van der Waals surface area contributed by atoms with Gasteiger partial charge in [0.15, 0.2) is 0 Å². The zero-order valence-electron chi connectivity index (χ0n) is 15.0. The van der Waals surface area contributed by atoms with Gasteiger partial charge in [-0.15, -0.1) is 10.2 Å². The molecule has 0 amide bonds. The van der Waals surface area contributed by atoms with Gasteiger partial charge in [-0.05, 0) is 37.8 Å². The van der Waals surface area contributed by atoms with Crippen molar-refractivity contribution < 1.29 is 0 Å². The first-order chi connectivity index (χ1) is 12.9. The highest BCUT2D eigenvalue weighted by Crippen LogP contribution is 2.32. The molecule has 0 radical (unpaired) electrons. The molecule has 0 N–H and O–H groups in total. The van der Waals surface area contributed by atoms with Crippen molar-refractivity contribution >= 4 is 16.7 Å². The molecule has 0 saturated carbocycles. The summed E-state index contributed by atoms with van der Waals surface area (Å²) in [5, 5.41) is 10.3. The third-order valence-corrected chi connectivity index (χ3v) is 5.75. The zero-order chi connectivity index (χ0) is 17.3. The normalized spacial score (nSPS) is 20.8. The zero-order valence-corrected chi connectivity index (χ0v) is 15.0. The smallest absolute Gasteiger partial charge is 0.139 e. The second-order valence-corrected chi connectivity index (χ2v) is 7.44. The Balaban J connectivity index is 1.46. The van der Waals surface area contributed by atoms with Crippen molar-refractivity contribution in [1.82, 2.24) is 24.7 Å². The topological polar surface area (TPSA) is 59.7 Å². The molecule has 0 bridgehead atoms. The standard InChI is InChI=1S/C20H24N6/c1-2-10-18-23-24-19(26(18)12-5-1)15-7-6-11-25(13-15)20-16-8-3-4-9-17(16)21-14-22-20/h3-4,8-9,14-15H,1-2,5-7,10-13H2. The van der Waals surface area contributed by atoms with Gasteiger partial charge in [0.05, 0.1) is 5.52 Å². The van der Waals surface area contributed by atoms with Crippen LogP contribution in [0.4, 0.5) is 5.82 Å². The molecule has 1 aromatic carbocycles. The fraction of sp³-hybridized carbons (Fsp3) is 0.500.